The quantitative estimate of drug-likeness (QED) is 0.385. The predicted molar refractivity (Wildman–Crippen MR) is 97.6 cm³/mol. The van der Waals surface area contributed by atoms with Crippen molar-refractivity contribution in [3.8, 4) is 5.75 Å². The summed E-state index contributed by atoms with van der Waals surface area (Å²) in [7, 11) is 1.62. The maximum absolute atomic E-state index is 10.1. The first kappa shape index (κ1) is 20.0. The number of aliphatic hydroxyl groups excluding tert-OH is 1. The molecule has 0 heterocycles. The van der Waals surface area contributed by atoms with Crippen LogP contribution in [0.2, 0.25) is 0 Å². The average molecular weight is 407 g/mol. The molecule has 6 heteroatoms. The summed E-state index contributed by atoms with van der Waals surface area (Å²) < 4.78 is 5.09. The normalized spacial score (nSPS) is 12.6. The van der Waals surface area contributed by atoms with E-state index in [1.807, 2.05) is 45.0 Å². The number of methoxy groups -OCH3 is 1. The lowest BCUT2D eigenvalue weighted by Crippen LogP contribution is -2.41. The predicted octanol–water partition coefficient (Wildman–Crippen LogP) is 2.31. The van der Waals surface area contributed by atoms with Crippen molar-refractivity contribution in [2.45, 2.75) is 32.9 Å². The van der Waals surface area contributed by atoms with Crippen molar-refractivity contribution < 1.29 is 9.84 Å². The average Bonchev–Trinajstić information content (AvgIpc) is 2.44. The zero-order valence-electron chi connectivity index (χ0n) is 13.1. The third kappa shape index (κ3) is 7.52. The van der Waals surface area contributed by atoms with Crippen molar-refractivity contribution in [3.05, 3.63) is 29.8 Å². The summed E-state index contributed by atoms with van der Waals surface area (Å²) in [6.07, 6.45) is -0.622. The van der Waals surface area contributed by atoms with Crippen LogP contribution in [0.25, 0.3) is 0 Å². The van der Waals surface area contributed by atoms with Gasteiger partial charge in [0.05, 0.1) is 19.8 Å². The Kier molecular flexibility index (Phi) is 10.2. The van der Waals surface area contributed by atoms with Gasteiger partial charge in [-0.3, -0.25) is 4.99 Å². The number of nitrogens with zero attached hydrogens (tertiary/aromatic N) is 1. The van der Waals surface area contributed by atoms with Gasteiger partial charge in [-0.2, -0.15) is 0 Å². The third-order valence-electron chi connectivity index (χ3n) is 2.69. The van der Waals surface area contributed by atoms with Crippen molar-refractivity contribution in [1.82, 2.24) is 10.6 Å². The van der Waals surface area contributed by atoms with Crippen molar-refractivity contribution in [1.29, 1.82) is 0 Å². The molecular formula is C15H26IN3O2. The van der Waals surface area contributed by atoms with E-state index in [1.165, 1.54) is 0 Å². The molecular weight excluding hydrogens is 381 g/mol. The fourth-order valence-electron chi connectivity index (χ4n) is 1.70. The Morgan fingerprint density at radius 3 is 2.38 bits per heavy atom. The first-order valence-corrected chi connectivity index (χ1v) is 6.93. The van der Waals surface area contributed by atoms with Crippen LogP contribution in [0.15, 0.2) is 29.3 Å². The van der Waals surface area contributed by atoms with E-state index in [0.29, 0.717) is 12.6 Å². The standard InChI is InChI=1S/C15H25N3O2.HI/c1-5-16-15(18-11(2)3)17-10-14(19)12-6-8-13(20-4)9-7-12;/h6-9,11,14,19H,5,10H2,1-4H3,(H2,16,17,18);1H. The van der Waals surface area contributed by atoms with E-state index in [4.69, 9.17) is 4.74 Å². The largest absolute Gasteiger partial charge is 0.497 e. The molecule has 0 amide bonds. The van der Waals surface area contributed by atoms with Crippen LogP contribution < -0.4 is 15.4 Å². The number of hydrogen-bond acceptors (Lipinski definition) is 3. The summed E-state index contributed by atoms with van der Waals surface area (Å²) in [5.74, 6) is 1.49. The van der Waals surface area contributed by atoms with Gasteiger partial charge in [0, 0.05) is 12.6 Å². The van der Waals surface area contributed by atoms with E-state index in [-0.39, 0.29) is 24.0 Å². The number of rotatable bonds is 6. The van der Waals surface area contributed by atoms with Gasteiger partial charge in [0.2, 0.25) is 0 Å². The minimum atomic E-state index is -0.622. The van der Waals surface area contributed by atoms with Crippen LogP contribution in [0.5, 0.6) is 5.75 Å². The maximum Gasteiger partial charge on any atom is 0.191 e. The van der Waals surface area contributed by atoms with Crippen LogP contribution in [0.1, 0.15) is 32.4 Å². The van der Waals surface area contributed by atoms with E-state index in [1.54, 1.807) is 7.11 Å². The van der Waals surface area contributed by atoms with Crippen LogP contribution in [0.4, 0.5) is 0 Å². The Labute approximate surface area is 144 Å². The lowest BCUT2D eigenvalue weighted by atomic mass is 10.1. The van der Waals surface area contributed by atoms with Crippen molar-refractivity contribution in [2.24, 2.45) is 4.99 Å². The van der Waals surface area contributed by atoms with E-state index in [9.17, 15) is 5.11 Å². The number of aliphatic hydroxyl groups is 1. The molecule has 0 bridgehead atoms. The second-order valence-corrected chi connectivity index (χ2v) is 4.81. The first-order valence-electron chi connectivity index (χ1n) is 6.93. The highest BCUT2D eigenvalue weighted by atomic mass is 127. The van der Waals surface area contributed by atoms with Gasteiger partial charge in [-0.25, -0.2) is 0 Å². The molecule has 3 N–H and O–H groups in total. The zero-order chi connectivity index (χ0) is 15.0. The van der Waals surface area contributed by atoms with Gasteiger partial charge in [-0.1, -0.05) is 12.1 Å². The molecule has 0 fully saturated rings. The van der Waals surface area contributed by atoms with Gasteiger partial charge in [0.25, 0.3) is 0 Å². The molecule has 5 nitrogen and oxygen atoms in total. The minimum Gasteiger partial charge on any atom is -0.497 e. The molecule has 1 rings (SSSR count). The van der Waals surface area contributed by atoms with Crippen LogP contribution in [0, 0.1) is 0 Å². The Balaban J connectivity index is 0.00000400. The highest BCUT2D eigenvalue weighted by molar-refractivity contribution is 14.0. The number of guanidine groups is 1. The third-order valence-corrected chi connectivity index (χ3v) is 2.69. The molecule has 1 aromatic carbocycles. The second-order valence-electron chi connectivity index (χ2n) is 4.81. The Bertz CT molecular complexity index is 421. The maximum atomic E-state index is 10.1. The summed E-state index contributed by atoms with van der Waals surface area (Å²) in [6.45, 7) is 7.21. The molecule has 1 unspecified atom stereocenters. The van der Waals surface area contributed by atoms with Gasteiger partial charge in [-0.05, 0) is 38.5 Å². The highest BCUT2D eigenvalue weighted by Crippen LogP contribution is 2.17. The molecule has 1 aromatic rings. The van der Waals surface area contributed by atoms with Crippen molar-refractivity contribution in [2.75, 3.05) is 20.2 Å². The molecule has 120 valence electrons. The molecule has 0 saturated carbocycles. The Morgan fingerprint density at radius 2 is 1.90 bits per heavy atom. The van der Waals surface area contributed by atoms with E-state index in [0.717, 1.165) is 23.8 Å². The van der Waals surface area contributed by atoms with Gasteiger partial charge < -0.3 is 20.5 Å². The summed E-state index contributed by atoms with van der Waals surface area (Å²) in [5.41, 5.74) is 0.829. The number of aliphatic imine (C=N–C) groups is 1. The van der Waals surface area contributed by atoms with Crippen LogP contribution in [-0.2, 0) is 0 Å². The van der Waals surface area contributed by atoms with Crippen LogP contribution in [0.3, 0.4) is 0 Å². The topological polar surface area (TPSA) is 65.9 Å². The number of benzene rings is 1. The molecule has 0 radical (unpaired) electrons. The van der Waals surface area contributed by atoms with Crippen LogP contribution >= 0.6 is 24.0 Å². The molecule has 0 aliphatic carbocycles. The van der Waals surface area contributed by atoms with Crippen molar-refractivity contribution >= 4 is 29.9 Å². The SMILES string of the molecule is CCNC(=NCC(O)c1ccc(OC)cc1)NC(C)C.I. The Hall–Kier alpha value is -1.02. The van der Waals surface area contributed by atoms with E-state index in [2.05, 4.69) is 15.6 Å². The molecule has 1 atom stereocenters. The van der Waals surface area contributed by atoms with Crippen LogP contribution in [-0.4, -0.2) is 37.3 Å². The lowest BCUT2D eigenvalue weighted by Gasteiger charge is -2.15. The smallest absolute Gasteiger partial charge is 0.191 e. The summed E-state index contributed by atoms with van der Waals surface area (Å²) in [6, 6.07) is 7.66. The molecule has 0 aliphatic heterocycles. The molecule has 0 saturated heterocycles. The number of nitrogens with one attached hydrogen (secondary N) is 2. The summed E-state index contributed by atoms with van der Waals surface area (Å²) in [5, 5.41) is 16.5. The van der Waals surface area contributed by atoms with Gasteiger partial charge in [0.1, 0.15) is 5.75 Å². The Morgan fingerprint density at radius 1 is 1.29 bits per heavy atom. The second kappa shape index (κ2) is 10.7. The first-order chi connectivity index (χ1) is 9.56. The van der Waals surface area contributed by atoms with Crippen molar-refractivity contribution in [3.63, 3.8) is 0 Å². The fraction of sp³-hybridized carbons (Fsp3) is 0.533. The van der Waals surface area contributed by atoms with E-state index >= 15 is 0 Å². The number of ether oxygens (including phenoxy) is 1. The number of halogens is 1. The summed E-state index contributed by atoms with van der Waals surface area (Å²) >= 11 is 0. The minimum absolute atomic E-state index is 0. The molecule has 0 aromatic heterocycles. The molecule has 21 heavy (non-hydrogen) atoms. The summed E-state index contributed by atoms with van der Waals surface area (Å²) in [4.78, 5) is 4.39. The van der Waals surface area contributed by atoms with E-state index < -0.39 is 6.10 Å². The monoisotopic (exact) mass is 407 g/mol. The fourth-order valence-corrected chi connectivity index (χ4v) is 1.70. The molecule has 0 spiro atoms. The lowest BCUT2D eigenvalue weighted by molar-refractivity contribution is 0.187. The zero-order valence-corrected chi connectivity index (χ0v) is 15.4. The van der Waals surface area contributed by atoms with Gasteiger partial charge in [0.15, 0.2) is 5.96 Å². The number of hydrogen-bond donors (Lipinski definition) is 3. The molecule has 0 aliphatic rings. The van der Waals surface area contributed by atoms with Gasteiger partial charge in [-0.15, -0.1) is 24.0 Å². The van der Waals surface area contributed by atoms with Gasteiger partial charge >= 0.3 is 0 Å². The highest BCUT2D eigenvalue weighted by Gasteiger charge is 2.08.